The summed E-state index contributed by atoms with van der Waals surface area (Å²) in [6.07, 6.45) is 7.13. The first-order valence-electron chi connectivity index (χ1n) is 6.87. The molecule has 114 valence electrons. The van der Waals surface area contributed by atoms with E-state index >= 15 is 0 Å². The third-order valence-electron chi connectivity index (χ3n) is 3.23. The summed E-state index contributed by atoms with van der Waals surface area (Å²) >= 11 is 3.79. The van der Waals surface area contributed by atoms with E-state index < -0.39 is 0 Å². The number of nitrogens with two attached hydrogens (primary N) is 1. The first-order chi connectivity index (χ1) is 9.95. The van der Waals surface area contributed by atoms with Crippen LogP contribution in [0.25, 0.3) is 6.08 Å². The van der Waals surface area contributed by atoms with E-state index in [1.165, 1.54) is 34.7 Å². The molecule has 0 amide bonds. The van der Waals surface area contributed by atoms with Crippen molar-refractivity contribution < 1.29 is 9.53 Å². The van der Waals surface area contributed by atoms with Crippen LogP contribution in [0.1, 0.15) is 38.8 Å². The number of anilines is 1. The monoisotopic (exact) mass is 418 g/mol. The molecule has 1 aromatic rings. The molecule has 1 aliphatic carbocycles. The molecule has 0 saturated heterocycles. The molecule has 1 fully saturated rings. The van der Waals surface area contributed by atoms with Crippen molar-refractivity contribution in [3.8, 4) is 0 Å². The maximum absolute atomic E-state index is 11.3. The van der Waals surface area contributed by atoms with Crippen LogP contribution in [0.4, 0.5) is 5.13 Å². The lowest BCUT2D eigenvalue weighted by atomic mass is 10.1. The molecule has 2 rings (SSSR count). The molecule has 0 aromatic carbocycles. The molecule has 0 unspecified atom stereocenters. The minimum atomic E-state index is -0.264. The third kappa shape index (κ3) is 5.43. The molecule has 21 heavy (non-hydrogen) atoms. The van der Waals surface area contributed by atoms with Gasteiger partial charge in [0.05, 0.1) is 5.69 Å². The Bertz CT molecular complexity index is 576. The zero-order valence-electron chi connectivity index (χ0n) is 12.1. The van der Waals surface area contributed by atoms with Gasteiger partial charge in [0.15, 0.2) is 5.13 Å². The van der Waals surface area contributed by atoms with Crippen molar-refractivity contribution >= 4 is 51.1 Å². The number of nitrogens with zero attached hydrogens (tertiary/aromatic N) is 1. The Hall–Kier alpha value is -0.890. The summed E-state index contributed by atoms with van der Waals surface area (Å²) < 4.78 is 6.80. The Morgan fingerprint density at radius 3 is 2.86 bits per heavy atom. The van der Waals surface area contributed by atoms with Gasteiger partial charge < -0.3 is 10.5 Å². The summed E-state index contributed by atoms with van der Waals surface area (Å²) in [5.74, 6) is 0.464. The number of thiazole rings is 1. The molecule has 1 aromatic heterocycles. The van der Waals surface area contributed by atoms with Gasteiger partial charge in [0.25, 0.3) is 0 Å². The van der Waals surface area contributed by atoms with Crippen LogP contribution in [0.2, 0.25) is 0 Å². The van der Waals surface area contributed by atoms with E-state index in [1.54, 1.807) is 0 Å². The van der Waals surface area contributed by atoms with Gasteiger partial charge in [-0.05, 0) is 63.5 Å². The zero-order chi connectivity index (χ0) is 15.4. The largest absolute Gasteiger partial charge is 0.458 e. The summed E-state index contributed by atoms with van der Waals surface area (Å²) in [6.45, 7) is 3.40. The Balaban J connectivity index is 2.08. The number of hydrogen-bond acceptors (Lipinski definition) is 5. The second-order valence-corrected chi connectivity index (χ2v) is 7.33. The van der Waals surface area contributed by atoms with E-state index in [0.29, 0.717) is 11.6 Å². The highest BCUT2D eigenvalue weighted by atomic mass is 127. The highest BCUT2D eigenvalue weighted by Crippen LogP contribution is 2.40. The lowest BCUT2D eigenvalue weighted by Gasteiger charge is -2.16. The average Bonchev–Trinajstić information content (AvgIpc) is 3.18. The normalized spacial score (nSPS) is 17.7. The molecule has 1 aliphatic rings. The van der Waals surface area contributed by atoms with Crippen LogP contribution in [0.3, 0.4) is 0 Å². The Kier molecular flexibility index (Phi) is 5.80. The number of esters is 1. The summed E-state index contributed by atoms with van der Waals surface area (Å²) in [7, 11) is 0. The standard InChI is InChI=1S/C15H19IN2O2S/c1-9(7-12-8-21-15(17)18-12)14(20-10(2)19)6-5-13(16)11-3-4-11/h5,7-8,11,14H,3-4,6H2,1-2H3,(H2,17,18)/b9-7+,13-5-/t14-/m1/s1. The van der Waals surface area contributed by atoms with E-state index in [2.05, 4.69) is 33.7 Å². The van der Waals surface area contributed by atoms with Gasteiger partial charge in [0.2, 0.25) is 0 Å². The van der Waals surface area contributed by atoms with Crippen LogP contribution in [0, 0.1) is 5.92 Å². The molecular formula is C15H19IN2O2S. The number of hydrogen-bond donors (Lipinski definition) is 1. The minimum absolute atomic E-state index is 0.242. The number of allylic oxidation sites excluding steroid dienone is 1. The highest BCUT2D eigenvalue weighted by molar-refractivity contribution is 14.1. The van der Waals surface area contributed by atoms with Crippen LogP contribution in [0.5, 0.6) is 0 Å². The highest BCUT2D eigenvalue weighted by Gasteiger charge is 2.24. The maximum atomic E-state index is 11.3. The SMILES string of the molecule is CC(=O)O[C@H](C/C=C(\I)C1CC1)/C(C)=C/c1csc(N)n1. The molecule has 0 aliphatic heterocycles. The third-order valence-corrected chi connectivity index (χ3v) is 5.24. The Labute approximate surface area is 142 Å². The van der Waals surface area contributed by atoms with Crippen molar-refractivity contribution in [2.75, 3.05) is 5.73 Å². The summed E-state index contributed by atoms with van der Waals surface area (Å²) in [5.41, 5.74) is 7.42. The first-order valence-corrected chi connectivity index (χ1v) is 8.83. The van der Waals surface area contributed by atoms with E-state index in [0.717, 1.165) is 17.2 Å². The summed E-state index contributed by atoms with van der Waals surface area (Å²) in [6, 6.07) is 0. The molecule has 4 nitrogen and oxygen atoms in total. The molecule has 2 N–H and O–H groups in total. The molecular weight excluding hydrogens is 399 g/mol. The van der Waals surface area contributed by atoms with Crippen LogP contribution in [-0.2, 0) is 9.53 Å². The van der Waals surface area contributed by atoms with Crippen molar-refractivity contribution in [1.82, 2.24) is 4.98 Å². The second kappa shape index (κ2) is 7.40. The smallest absolute Gasteiger partial charge is 0.303 e. The predicted octanol–water partition coefficient (Wildman–Crippen LogP) is 4.18. The summed E-state index contributed by atoms with van der Waals surface area (Å²) in [5, 5.41) is 2.44. The lowest BCUT2D eigenvalue weighted by Crippen LogP contribution is -2.17. The van der Waals surface area contributed by atoms with Crippen LogP contribution < -0.4 is 5.73 Å². The molecule has 0 spiro atoms. The van der Waals surface area contributed by atoms with Crippen LogP contribution >= 0.6 is 33.9 Å². The number of ether oxygens (including phenoxy) is 1. The van der Waals surface area contributed by atoms with Crippen molar-refractivity contribution in [2.45, 2.75) is 39.2 Å². The number of carbonyl (C=O) groups excluding carboxylic acids is 1. The quantitative estimate of drug-likeness (QED) is 0.556. The Morgan fingerprint density at radius 2 is 2.33 bits per heavy atom. The van der Waals surface area contributed by atoms with Crippen LogP contribution in [0.15, 0.2) is 20.6 Å². The molecule has 0 bridgehead atoms. The van der Waals surface area contributed by atoms with Gasteiger partial charge in [-0.3, -0.25) is 4.79 Å². The van der Waals surface area contributed by atoms with Gasteiger partial charge in [-0.2, -0.15) is 0 Å². The molecule has 0 radical (unpaired) electrons. The number of nitrogen functional groups attached to an aromatic ring is 1. The second-order valence-electron chi connectivity index (χ2n) is 5.20. The van der Waals surface area contributed by atoms with Crippen molar-refractivity contribution in [3.63, 3.8) is 0 Å². The predicted molar refractivity (Wildman–Crippen MR) is 95.2 cm³/mol. The fourth-order valence-electron chi connectivity index (χ4n) is 1.97. The summed E-state index contributed by atoms with van der Waals surface area (Å²) in [4.78, 5) is 15.5. The average molecular weight is 418 g/mol. The number of rotatable bonds is 6. The van der Waals surface area contributed by atoms with Gasteiger partial charge in [0.1, 0.15) is 6.10 Å². The number of carbonyl (C=O) groups is 1. The number of halogens is 1. The fraction of sp³-hybridized carbons (Fsp3) is 0.467. The molecule has 6 heteroatoms. The maximum Gasteiger partial charge on any atom is 0.303 e. The minimum Gasteiger partial charge on any atom is -0.458 e. The fourth-order valence-corrected chi connectivity index (χ4v) is 3.36. The topological polar surface area (TPSA) is 65.2 Å². The van der Waals surface area contributed by atoms with Gasteiger partial charge >= 0.3 is 5.97 Å². The van der Waals surface area contributed by atoms with Crippen LogP contribution in [-0.4, -0.2) is 17.1 Å². The molecule has 1 saturated carbocycles. The van der Waals surface area contributed by atoms with E-state index in [1.807, 2.05) is 18.4 Å². The van der Waals surface area contributed by atoms with Gasteiger partial charge in [-0.15, -0.1) is 11.3 Å². The lowest BCUT2D eigenvalue weighted by molar-refractivity contribution is -0.144. The zero-order valence-corrected chi connectivity index (χ0v) is 15.1. The molecule has 1 atom stereocenters. The van der Waals surface area contributed by atoms with E-state index in [9.17, 15) is 4.79 Å². The van der Waals surface area contributed by atoms with Crippen molar-refractivity contribution in [3.05, 3.63) is 26.3 Å². The Morgan fingerprint density at radius 1 is 1.62 bits per heavy atom. The molecule has 1 heterocycles. The van der Waals surface area contributed by atoms with Crippen molar-refractivity contribution in [2.24, 2.45) is 5.92 Å². The number of aromatic nitrogens is 1. The van der Waals surface area contributed by atoms with Gasteiger partial charge in [-0.1, -0.05) is 6.08 Å². The van der Waals surface area contributed by atoms with Gasteiger partial charge in [0, 0.05) is 18.7 Å². The first kappa shape index (κ1) is 16.5. The van der Waals surface area contributed by atoms with Gasteiger partial charge in [-0.25, -0.2) is 4.98 Å². The van der Waals surface area contributed by atoms with E-state index in [4.69, 9.17) is 10.5 Å². The van der Waals surface area contributed by atoms with Crippen molar-refractivity contribution in [1.29, 1.82) is 0 Å². The van der Waals surface area contributed by atoms with E-state index in [-0.39, 0.29) is 12.1 Å².